The zero-order chi connectivity index (χ0) is 14.8. The molecule has 1 aromatic heterocycles. The summed E-state index contributed by atoms with van der Waals surface area (Å²) in [7, 11) is 1.74. The molecule has 0 unspecified atom stereocenters. The number of thiazole rings is 1. The molecule has 21 heavy (non-hydrogen) atoms. The number of carbonyl (C=O) groups is 1. The molecular formula is C15H13N3OS2. The van der Waals surface area contributed by atoms with Gasteiger partial charge >= 0.3 is 0 Å². The first kappa shape index (κ1) is 14.0. The predicted octanol–water partition coefficient (Wildman–Crippen LogP) is 3.69. The maximum atomic E-state index is 12.3. The number of aliphatic imine (C=N–C) groups is 1. The summed E-state index contributed by atoms with van der Waals surface area (Å²) >= 11 is 2.83. The molecule has 4 nitrogen and oxygen atoms in total. The summed E-state index contributed by atoms with van der Waals surface area (Å²) in [4.78, 5) is 23.1. The summed E-state index contributed by atoms with van der Waals surface area (Å²) in [5, 5.41) is 3.19. The summed E-state index contributed by atoms with van der Waals surface area (Å²) in [5.41, 5.74) is 2.20. The summed E-state index contributed by atoms with van der Waals surface area (Å²) < 4.78 is 0. The first-order valence-corrected chi connectivity index (χ1v) is 8.06. The van der Waals surface area contributed by atoms with E-state index in [0.29, 0.717) is 15.2 Å². The molecule has 0 atom stereocenters. The highest BCUT2D eigenvalue weighted by Gasteiger charge is 2.30. The van der Waals surface area contributed by atoms with Gasteiger partial charge in [-0.25, -0.2) is 4.98 Å². The molecule has 6 heteroatoms. The molecule has 2 heterocycles. The lowest BCUT2D eigenvalue weighted by atomic mass is 10.1. The Morgan fingerprint density at radius 3 is 2.86 bits per heavy atom. The number of amides is 1. The predicted molar refractivity (Wildman–Crippen MR) is 88.7 cm³/mol. The van der Waals surface area contributed by atoms with Crippen LogP contribution in [0.25, 0.3) is 6.08 Å². The Bertz CT molecular complexity index is 735. The van der Waals surface area contributed by atoms with Crippen molar-refractivity contribution in [3.05, 3.63) is 51.9 Å². The van der Waals surface area contributed by atoms with E-state index in [1.54, 1.807) is 18.1 Å². The van der Waals surface area contributed by atoms with Gasteiger partial charge in [-0.1, -0.05) is 24.3 Å². The number of thioether (sulfide) groups is 1. The zero-order valence-electron chi connectivity index (χ0n) is 11.6. The normalized spacial score (nSPS) is 19.0. The highest BCUT2D eigenvalue weighted by atomic mass is 32.2. The van der Waals surface area contributed by atoms with E-state index in [0.717, 1.165) is 11.1 Å². The van der Waals surface area contributed by atoms with E-state index in [1.165, 1.54) is 23.1 Å². The number of likely N-dealkylation sites (N-methyl/N-ethyl adjacent to an activating group) is 1. The Kier molecular flexibility index (Phi) is 3.90. The number of hydrogen-bond acceptors (Lipinski definition) is 5. The molecule has 0 bridgehead atoms. The van der Waals surface area contributed by atoms with E-state index in [4.69, 9.17) is 0 Å². The molecule has 106 valence electrons. The van der Waals surface area contributed by atoms with Gasteiger partial charge in [-0.05, 0) is 35.9 Å². The fourth-order valence-corrected chi connectivity index (χ4v) is 3.42. The third-order valence-electron chi connectivity index (χ3n) is 3.09. The summed E-state index contributed by atoms with van der Waals surface area (Å²) in [6, 6.07) is 8.00. The van der Waals surface area contributed by atoms with Gasteiger partial charge in [0, 0.05) is 18.6 Å². The number of carbonyl (C=O) groups excluding carboxylic acids is 1. The largest absolute Gasteiger partial charge is 0.289 e. The van der Waals surface area contributed by atoms with Gasteiger partial charge in [0.25, 0.3) is 5.91 Å². The van der Waals surface area contributed by atoms with Crippen molar-refractivity contribution in [2.75, 3.05) is 7.05 Å². The molecule has 0 N–H and O–H groups in total. The Labute approximate surface area is 131 Å². The Morgan fingerprint density at radius 1 is 1.33 bits per heavy atom. The lowest BCUT2D eigenvalue weighted by Crippen LogP contribution is -2.23. The second-order valence-electron chi connectivity index (χ2n) is 4.54. The van der Waals surface area contributed by atoms with Crippen molar-refractivity contribution in [1.29, 1.82) is 0 Å². The quantitative estimate of drug-likeness (QED) is 0.794. The first-order valence-electron chi connectivity index (χ1n) is 6.36. The highest BCUT2D eigenvalue weighted by molar-refractivity contribution is 8.18. The molecule has 1 saturated heterocycles. The number of hydrogen-bond donors (Lipinski definition) is 0. The van der Waals surface area contributed by atoms with Gasteiger partial charge in [0.15, 0.2) is 5.17 Å². The molecule has 0 radical (unpaired) electrons. The maximum Gasteiger partial charge on any atom is 0.266 e. The molecule has 0 saturated carbocycles. The molecular weight excluding hydrogens is 302 g/mol. The van der Waals surface area contributed by atoms with Crippen LogP contribution in [-0.4, -0.2) is 28.0 Å². The molecule has 3 rings (SSSR count). The minimum Gasteiger partial charge on any atom is -0.289 e. The van der Waals surface area contributed by atoms with E-state index in [2.05, 4.69) is 9.98 Å². The minimum atomic E-state index is -0.0291. The average Bonchev–Trinajstić information content (AvgIpc) is 3.07. The molecule has 1 aromatic carbocycles. The van der Waals surface area contributed by atoms with Gasteiger partial charge < -0.3 is 0 Å². The molecule has 1 amide bonds. The first-order chi connectivity index (χ1) is 10.1. The fourth-order valence-electron chi connectivity index (χ4n) is 1.89. The second kappa shape index (κ2) is 5.83. The maximum absolute atomic E-state index is 12.3. The number of aromatic nitrogens is 1. The Hall–Kier alpha value is -1.92. The Morgan fingerprint density at radius 2 is 2.14 bits per heavy atom. The molecule has 0 aliphatic carbocycles. The van der Waals surface area contributed by atoms with Gasteiger partial charge in [0.2, 0.25) is 5.13 Å². The van der Waals surface area contributed by atoms with Crippen LogP contribution in [0, 0.1) is 6.92 Å². The lowest BCUT2D eigenvalue weighted by Gasteiger charge is -2.05. The standard InChI is InChI=1S/C15H13N3OS2/c1-10-5-3-4-6-11(10)9-12-13(19)18(2)15(21-12)17-14-16-7-8-20-14/h3-9H,1-2H3/b12-9-,17-15+. The van der Waals surface area contributed by atoms with Crippen LogP contribution in [0.2, 0.25) is 0 Å². The molecule has 1 aliphatic heterocycles. The van der Waals surface area contributed by atoms with E-state index in [-0.39, 0.29) is 5.91 Å². The summed E-state index contributed by atoms with van der Waals surface area (Å²) in [6.07, 6.45) is 3.62. The summed E-state index contributed by atoms with van der Waals surface area (Å²) in [5.74, 6) is -0.0291. The van der Waals surface area contributed by atoms with E-state index >= 15 is 0 Å². The van der Waals surface area contributed by atoms with Crippen molar-refractivity contribution < 1.29 is 4.79 Å². The Balaban J connectivity index is 1.92. The SMILES string of the molecule is Cc1ccccc1/C=C1\S/C(=N/c2nccs2)N(C)C1=O. The highest BCUT2D eigenvalue weighted by Crippen LogP contribution is 2.33. The van der Waals surface area contributed by atoms with Crippen molar-refractivity contribution in [1.82, 2.24) is 9.88 Å². The average molecular weight is 315 g/mol. The monoisotopic (exact) mass is 315 g/mol. The molecule has 2 aromatic rings. The lowest BCUT2D eigenvalue weighted by molar-refractivity contribution is -0.121. The van der Waals surface area contributed by atoms with Crippen molar-refractivity contribution in [3.8, 4) is 0 Å². The fraction of sp³-hybridized carbons (Fsp3) is 0.133. The van der Waals surface area contributed by atoms with Crippen LogP contribution in [0.3, 0.4) is 0 Å². The van der Waals surface area contributed by atoms with Crippen LogP contribution in [0.1, 0.15) is 11.1 Å². The van der Waals surface area contributed by atoms with E-state index < -0.39 is 0 Å². The third kappa shape index (κ3) is 2.91. The van der Waals surface area contributed by atoms with Crippen molar-refractivity contribution in [2.45, 2.75) is 6.92 Å². The van der Waals surface area contributed by atoms with Crippen molar-refractivity contribution in [3.63, 3.8) is 0 Å². The van der Waals surface area contributed by atoms with Gasteiger partial charge in [0.05, 0.1) is 4.91 Å². The number of nitrogens with zero attached hydrogens (tertiary/aromatic N) is 3. The molecule has 1 fully saturated rings. The molecule has 0 spiro atoms. The van der Waals surface area contributed by atoms with Crippen LogP contribution in [0.15, 0.2) is 45.7 Å². The third-order valence-corrected chi connectivity index (χ3v) is 4.81. The zero-order valence-corrected chi connectivity index (χ0v) is 13.2. The summed E-state index contributed by atoms with van der Waals surface area (Å²) in [6.45, 7) is 2.03. The van der Waals surface area contributed by atoms with Crippen LogP contribution in [0.4, 0.5) is 5.13 Å². The van der Waals surface area contributed by atoms with Gasteiger partial charge in [-0.15, -0.1) is 11.3 Å². The second-order valence-corrected chi connectivity index (χ2v) is 6.42. The number of aryl methyl sites for hydroxylation is 1. The number of benzene rings is 1. The van der Waals surface area contributed by atoms with Crippen LogP contribution >= 0.6 is 23.1 Å². The smallest absolute Gasteiger partial charge is 0.266 e. The van der Waals surface area contributed by atoms with E-state index in [1.807, 2.05) is 42.6 Å². The van der Waals surface area contributed by atoms with Crippen LogP contribution in [0.5, 0.6) is 0 Å². The number of rotatable bonds is 2. The topological polar surface area (TPSA) is 45.6 Å². The minimum absolute atomic E-state index is 0.0291. The van der Waals surface area contributed by atoms with Crippen molar-refractivity contribution in [2.24, 2.45) is 4.99 Å². The van der Waals surface area contributed by atoms with Gasteiger partial charge in [-0.2, -0.15) is 4.99 Å². The van der Waals surface area contributed by atoms with Crippen LogP contribution < -0.4 is 0 Å². The number of amidine groups is 1. The molecule has 1 aliphatic rings. The van der Waals surface area contributed by atoms with Crippen molar-refractivity contribution >= 4 is 45.4 Å². The van der Waals surface area contributed by atoms with Gasteiger partial charge in [-0.3, -0.25) is 9.69 Å². The van der Waals surface area contributed by atoms with Gasteiger partial charge in [0.1, 0.15) is 0 Å². The van der Waals surface area contributed by atoms with E-state index in [9.17, 15) is 4.79 Å². The van der Waals surface area contributed by atoms with Crippen LogP contribution in [-0.2, 0) is 4.79 Å².